The molecule has 0 radical (unpaired) electrons. The van der Waals surface area contributed by atoms with Crippen molar-refractivity contribution in [2.75, 3.05) is 12.4 Å². The number of nitrogens with zero attached hydrogens (tertiary/aromatic N) is 5. The first kappa shape index (κ1) is 21.2. The summed E-state index contributed by atoms with van der Waals surface area (Å²) in [6.07, 6.45) is 5.59. The van der Waals surface area contributed by atoms with E-state index in [-0.39, 0.29) is 17.5 Å². The van der Waals surface area contributed by atoms with Gasteiger partial charge in [0.25, 0.3) is 0 Å². The summed E-state index contributed by atoms with van der Waals surface area (Å²) < 4.78 is 7.42. The third-order valence-corrected chi connectivity index (χ3v) is 6.51. The molecule has 0 saturated heterocycles. The molecule has 0 bridgehead atoms. The second-order valence-electron chi connectivity index (χ2n) is 9.06. The number of methoxy groups -OCH3 is 1. The van der Waals surface area contributed by atoms with E-state index >= 15 is 0 Å². The van der Waals surface area contributed by atoms with Gasteiger partial charge in [0.15, 0.2) is 0 Å². The standard InChI is InChI=1S/C23H28N8O2/c1-13(32)28-23(2)9-7-15(8-10-23)25-22-26-20-19(21(27-22)33-4)16(12-24-20)14-5-6-17-18(11-14)31(3)30-29-17/h5-6,11-12,15H,7-10H2,1-4H3,(H,28,32)(H2,24,25,26,27)/t15-,23-. The van der Waals surface area contributed by atoms with Crippen LogP contribution in [-0.2, 0) is 11.8 Å². The molecule has 3 N–H and O–H groups in total. The predicted molar refractivity (Wildman–Crippen MR) is 126 cm³/mol. The maximum Gasteiger partial charge on any atom is 0.228 e. The maximum atomic E-state index is 11.5. The molecule has 4 aromatic rings. The molecule has 3 heterocycles. The summed E-state index contributed by atoms with van der Waals surface area (Å²) in [5, 5.41) is 15.6. The number of amides is 1. The Morgan fingerprint density at radius 3 is 2.79 bits per heavy atom. The van der Waals surface area contributed by atoms with Crippen molar-refractivity contribution in [3.63, 3.8) is 0 Å². The van der Waals surface area contributed by atoms with Gasteiger partial charge in [-0.05, 0) is 50.3 Å². The number of carbonyl (C=O) groups is 1. The van der Waals surface area contributed by atoms with Crippen molar-refractivity contribution in [2.24, 2.45) is 7.05 Å². The van der Waals surface area contributed by atoms with Crippen LogP contribution in [0.4, 0.5) is 5.95 Å². The van der Waals surface area contributed by atoms with Crippen LogP contribution in [0, 0.1) is 0 Å². The molecule has 1 aliphatic carbocycles. The van der Waals surface area contributed by atoms with E-state index in [2.05, 4.69) is 43.9 Å². The van der Waals surface area contributed by atoms with Gasteiger partial charge in [0.05, 0.1) is 18.0 Å². The Kier molecular flexibility index (Phi) is 5.15. The van der Waals surface area contributed by atoms with Crippen LogP contribution in [0.1, 0.15) is 39.5 Å². The minimum absolute atomic E-state index is 0.0174. The molecule has 1 fully saturated rings. The Balaban J connectivity index is 1.41. The van der Waals surface area contributed by atoms with E-state index in [0.717, 1.165) is 53.2 Å². The lowest BCUT2D eigenvalue weighted by Gasteiger charge is -2.38. The number of nitrogens with one attached hydrogen (secondary N) is 3. The third-order valence-electron chi connectivity index (χ3n) is 6.51. The summed E-state index contributed by atoms with van der Waals surface area (Å²) in [4.78, 5) is 24.1. The lowest BCUT2D eigenvalue weighted by atomic mass is 9.81. The Hall–Kier alpha value is -3.69. The average Bonchev–Trinajstić information content (AvgIpc) is 3.38. The van der Waals surface area contributed by atoms with E-state index in [0.29, 0.717) is 17.5 Å². The molecule has 0 atom stereocenters. The highest BCUT2D eigenvalue weighted by Gasteiger charge is 2.32. The second-order valence-corrected chi connectivity index (χ2v) is 9.06. The first-order valence-electron chi connectivity index (χ1n) is 11.1. The molecule has 0 spiro atoms. The molecule has 10 nitrogen and oxygen atoms in total. The van der Waals surface area contributed by atoms with Crippen molar-refractivity contribution in [3.05, 3.63) is 24.4 Å². The summed E-state index contributed by atoms with van der Waals surface area (Å²) in [5.41, 5.74) is 4.32. The summed E-state index contributed by atoms with van der Waals surface area (Å²) in [7, 11) is 3.50. The van der Waals surface area contributed by atoms with Crippen molar-refractivity contribution in [1.82, 2.24) is 35.3 Å². The quantitative estimate of drug-likeness (QED) is 0.428. The fraction of sp³-hybridized carbons (Fsp3) is 0.435. The smallest absolute Gasteiger partial charge is 0.228 e. The summed E-state index contributed by atoms with van der Waals surface area (Å²) in [5.74, 6) is 1.07. The number of hydrogen-bond acceptors (Lipinski definition) is 7. The van der Waals surface area contributed by atoms with E-state index in [1.54, 1.807) is 18.7 Å². The molecule has 3 aromatic heterocycles. The van der Waals surface area contributed by atoms with Gasteiger partial charge in [0, 0.05) is 37.3 Å². The SMILES string of the molecule is COc1nc(N[C@H]2CC[C@](C)(NC(C)=O)CC2)nc2[nH]cc(-c3ccc4nnn(C)c4c3)c12. The van der Waals surface area contributed by atoms with Crippen molar-refractivity contribution in [3.8, 4) is 17.0 Å². The van der Waals surface area contributed by atoms with E-state index in [1.807, 2.05) is 25.4 Å². The molecule has 172 valence electrons. The number of H-pyrrole nitrogens is 1. The highest BCUT2D eigenvalue weighted by Crippen LogP contribution is 2.36. The fourth-order valence-electron chi connectivity index (χ4n) is 4.77. The monoisotopic (exact) mass is 448 g/mol. The molecule has 5 rings (SSSR count). The molecule has 1 saturated carbocycles. The predicted octanol–water partition coefficient (Wildman–Crippen LogP) is 3.16. The van der Waals surface area contributed by atoms with Gasteiger partial charge < -0.3 is 20.4 Å². The largest absolute Gasteiger partial charge is 0.480 e. The van der Waals surface area contributed by atoms with Gasteiger partial charge in [0.1, 0.15) is 11.2 Å². The average molecular weight is 449 g/mol. The van der Waals surface area contributed by atoms with E-state index in [9.17, 15) is 4.79 Å². The molecule has 1 aromatic carbocycles. The van der Waals surface area contributed by atoms with Crippen LogP contribution in [0.15, 0.2) is 24.4 Å². The number of anilines is 1. The zero-order chi connectivity index (χ0) is 23.2. The van der Waals surface area contributed by atoms with Crippen molar-refractivity contribution >= 4 is 33.9 Å². The van der Waals surface area contributed by atoms with Crippen LogP contribution < -0.4 is 15.4 Å². The Labute approximate surface area is 191 Å². The van der Waals surface area contributed by atoms with E-state index in [1.165, 1.54) is 0 Å². The number of aryl methyl sites for hydroxylation is 1. The van der Waals surface area contributed by atoms with E-state index < -0.39 is 0 Å². The van der Waals surface area contributed by atoms with Crippen LogP contribution in [0.25, 0.3) is 33.2 Å². The first-order chi connectivity index (χ1) is 15.8. The van der Waals surface area contributed by atoms with Gasteiger partial charge in [-0.25, -0.2) is 4.68 Å². The molecule has 10 heteroatoms. The molecule has 0 aliphatic heterocycles. The number of rotatable bonds is 5. The van der Waals surface area contributed by atoms with Gasteiger partial charge in [0.2, 0.25) is 17.7 Å². The second kappa shape index (κ2) is 8.02. The van der Waals surface area contributed by atoms with Crippen LogP contribution in [0.5, 0.6) is 5.88 Å². The molecule has 1 aliphatic rings. The lowest BCUT2D eigenvalue weighted by Crippen LogP contribution is -2.49. The van der Waals surface area contributed by atoms with Gasteiger partial charge in [-0.3, -0.25) is 4.79 Å². The molecular formula is C23H28N8O2. The van der Waals surface area contributed by atoms with E-state index in [4.69, 9.17) is 9.72 Å². The number of carbonyl (C=O) groups excluding carboxylic acids is 1. The summed E-state index contributed by atoms with van der Waals surface area (Å²) in [6.45, 7) is 3.68. The van der Waals surface area contributed by atoms with Crippen molar-refractivity contribution in [1.29, 1.82) is 0 Å². The number of hydrogen-bond donors (Lipinski definition) is 3. The minimum Gasteiger partial charge on any atom is -0.480 e. The van der Waals surface area contributed by atoms with Gasteiger partial charge >= 0.3 is 0 Å². The Morgan fingerprint density at radius 1 is 1.27 bits per heavy atom. The van der Waals surface area contributed by atoms with Gasteiger partial charge in [-0.15, -0.1) is 5.10 Å². The minimum atomic E-state index is -0.147. The van der Waals surface area contributed by atoms with Gasteiger partial charge in [-0.1, -0.05) is 11.3 Å². The van der Waals surface area contributed by atoms with Crippen LogP contribution in [0.3, 0.4) is 0 Å². The number of benzene rings is 1. The Bertz CT molecular complexity index is 1330. The lowest BCUT2D eigenvalue weighted by molar-refractivity contribution is -0.121. The highest BCUT2D eigenvalue weighted by atomic mass is 16.5. The number of aromatic nitrogens is 6. The summed E-state index contributed by atoms with van der Waals surface area (Å²) >= 11 is 0. The molecule has 33 heavy (non-hydrogen) atoms. The molecule has 0 unspecified atom stereocenters. The Morgan fingerprint density at radius 2 is 2.06 bits per heavy atom. The van der Waals surface area contributed by atoms with Crippen LogP contribution in [-0.4, -0.2) is 54.5 Å². The maximum absolute atomic E-state index is 11.5. The number of ether oxygens (including phenoxy) is 1. The normalized spacial score (nSPS) is 20.8. The van der Waals surface area contributed by atoms with Crippen LogP contribution >= 0.6 is 0 Å². The molecular weight excluding hydrogens is 420 g/mol. The van der Waals surface area contributed by atoms with Crippen molar-refractivity contribution in [2.45, 2.75) is 51.1 Å². The number of fused-ring (bicyclic) bond motifs is 2. The topological polar surface area (TPSA) is 123 Å². The fourth-order valence-corrected chi connectivity index (χ4v) is 4.77. The van der Waals surface area contributed by atoms with Gasteiger partial charge in [-0.2, -0.15) is 9.97 Å². The first-order valence-corrected chi connectivity index (χ1v) is 11.1. The summed E-state index contributed by atoms with van der Waals surface area (Å²) in [6, 6.07) is 6.26. The van der Waals surface area contributed by atoms with Crippen molar-refractivity contribution < 1.29 is 9.53 Å². The molecule has 1 amide bonds. The number of aromatic amines is 1. The third kappa shape index (κ3) is 3.96. The van der Waals surface area contributed by atoms with Crippen LogP contribution in [0.2, 0.25) is 0 Å². The highest BCUT2D eigenvalue weighted by molar-refractivity contribution is 5.99. The zero-order valence-electron chi connectivity index (χ0n) is 19.3. The zero-order valence-corrected chi connectivity index (χ0v) is 19.3.